The Labute approximate surface area is 113 Å². The standard InChI is InChI=1S/C15H18NO3/c17-11-14-13(8-9-16-14)15(18)19-10-4-7-12-5-2-1-3-6-12/h1-3,5-6,13-14,16H,4,7-10H2. The van der Waals surface area contributed by atoms with Gasteiger partial charge in [-0.1, -0.05) is 30.3 Å². The summed E-state index contributed by atoms with van der Waals surface area (Å²) in [6, 6.07) is 9.58. The van der Waals surface area contributed by atoms with Crippen molar-refractivity contribution in [3.63, 3.8) is 0 Å². The molecule has 2 atom stereocenters. The second-order valence-electron chi connectivity index (χ2n) is 4.70. The summed E-state index contributed by atoms with van der Waals surface area (Å²) in [7, 11) is 0. The number of hydrogen-bond acceptors (Lipinski definition) is 4. The van der Waals surface area contributed by atoms with E-state index in [1.807, 2.05) is 24.5 Å². The van der Waals surface area contributed by atoms with E-state index in [1.54, 1.807) is 0 Å². The maximum Gasteiger partial charge on any atom is 0.311 e. The largest absolute Gasteiger partial charge is 0.465 e. The number of carbonyl (C=O) groups excluding carboxylic acids is 2. The van der Waals surface area contributed by atoms with Gasteiger partial charge >= 0.3 is 5.97 Å². The average molecular weight is 260 g/mol. The zero-order valence-electron chi connectivity index (χ0n) is 10.8. The molecule has 1 radical (unpaired) electrons. The van der Waals surface area contributed by atoms with E-state index >= 15 is 0 Å². The van der Waals surface area contributed by atoms with E-state index in [2.05, 4.69) is 17.4 Å². The first-order valence-electron chi connectivity index (χ1n) is 6.63. The third-order valence-corrected chi connectivity index (χ3v) is 3.35. The molecule has 2 unspecified atom stereocenters. The van der Waals surface area contributed by atoms with Crippen molar-refractivity contribution in [2.24, 2.45) is 5.92 Å². The molecule has 1 fully saturated rings. The van der Waals surface area contributed by atoms with Crippen molar-refractivity contribution in [2.45, 2.75) is 25.3 Å². The molecule has 0 bridgehead atoms. The predicted molar refractivity (Wildman–Crippen MR) is 71.3 cm³/mol. The smallest absolute Gasteiger partial charge is 0.311 e. The van der Waals surface area contributed by atoms with Gasteiger partial charge in [0.05, 0.1) is 18.6 Å². The van der Waals surface area contributed by atoms with Crippen LogP contribution < -0.4 is 5.32 Å². The number of nitrogens with one attached hydrogen (secondary N) is 1. The fraction of sp³-hybridized carbons (Fsp3) is 0.467. The zero-order valence-corrected chi connectivity index (χ0v) is 10.8. The van der Waals surface area contributed by atoms with Gasteiger partial charge in [0.25, 0.3) is 0 Å². The first-order chi connectivity index (χ1) is 9.31. The molecular weight excluding hydrogens is 242 g/mol. The second kappa shape index (κ2) is 7.04. The van der Waals surface area contributed by atoms with Gasteiger partial charge in [-0.3, -0.25) is 9.59 Å². The Bertz CT molecular complexity index is 419. The summed E-state index contributed by atoms with van der Waals surface area (Å²) in [6.07, 6.45) is 4.19. The highest BCUT2D eigenvalue weighted by molar-refractivity contribution is 5.79. The third-order valence-electron chi connectivity index (χ3n) is 3.35. The number of aryl methyl sites for hydroxylation is 1. The number of carbonyl (C=O) groups is 1. The average Bonchev–Trinajstić information content (AvgIpc) is 2.93. The van der Waals surface area contributed by atoms with Crippen molar-refractivity contribution in [1.82, 2.24) is 5.32 Å². The van der Waals surface area contributed by atoms with E-state index in [4.69, 9.17) is 4.74 Å². The molecule has 0 spiro atoms. The maximum atomic E-state index is 11.8. The van der Waals surface area contributed by atoms with Crippen LogP contribution in [0.3, 0.4) is 0 Å². The highest BCUT2D eigenvalue weighted by Crippen LogP contribution is 2.16. The van der Waals surface area contributed by atoms with Crippen LogP contribution in [0.1, 0.15) is 18.4 Å². The molecule has 2 rings (SSSR count). The SMILES string of the molecule is O=[C]C1NCCC1C(=O)OCCCc1ccccc1. The van der Waals surface area contributed by atoms with Crippen LogP contribution in [-0.2, 0) is 20.7 Å². The first kappa shape index (κ1) is 13.7. The van der Waals surface area contributed by atoms with Gasteiger partial charge in [-0.2, -0.15) is 0 Å². The molecule has 1 aromatic rings. The lowest BCUT2D eigenvalue weighted by atomic mass is 10.0. The van der Waals surface area contributed by atoms with Crippen LogP contribution in [0.5, 0.6) is 0 Å². The molecule has 4 nitrogen and oxygen atoms in total. The molecule has 0 aromatic heterocycles. The Morgan fingerprint density at radius 2 is 2.16 bits per heavy atom. The summed E-state index contributed by atoms with van der Waals surface area (Å²) in [4.78, 5) is 22.4. The molecule has 1 N–H and O–H groups in total. The fourth-order valence-electron chi connectivity index (χ4n) is 2.28. The summed E-state index contributed by atoms with van der Waals surface area (Å²) >= 11 is 0. The molecule has 101 valence electrons. The summed E-state index contributed by atoms with van der Waals surface area (Å²) in [5.41, 5.74) is 1.24. The fourth-order valence-corrected chi connectivity index (χ4v) is 2.28. The maximum absolute atomic E-state index is 11.8. The molecule has 0 aliphatic carbocycles. The lowest BCUT2D eigenvalue weighted by Crippen LogP contribution is -2.33. The van der Waals surface area contributed by atoms with Crippen molar-refractivity contribution in [2.75, 3.05) is 13.2 Å². The van der Waals surface area contributed by atoms with E-state index in [-0.39, 0.29) is 11.9 Å². The van der Waals surface area contributed by atoms with Crippen LogP contribution in [0, 0.1) is 5.92 Å². The van der Waals surface area contributed by atoms with Crippen LogP contribution in [0.25, 0.3) is 0 Å². The van der Waals surface area contributed by atoms with Gasteiger partial charge in [0.2, 0.25) is 6.29 Å². The minimum Gasteiger partial charge on any atom is -0.465 e. The Hall–Kier alpha value is -1.68. The van der Waals surface area contributed by atoms with Crippen molar-refractivity contribution in [3.05, 3.63) is 35.9 Å². The van der Waals surface area contributed by atoms with E-state index in [0.29, 0.717) is 19.6 Å². The third kappa shape index (κ3) is 3.89. The van der Waals surface area contributed by atoms with E-state index in [0.717, 1.165) is 12.8 Å². The van der Waals surface area contributed by atoms with Crippen molar-refractivity contribution in [3.8, 4) is 0 Å². The van der Waals surface area contributed by atoms with E-state index in [9.17, 15) is 9.59 Å². The van der Waals surface area contributed by atoms with Gasteiger partial charge in [-0.15, -0.1) is 0 Å². The van der Waals surface area contributed by atoms with Crippen molar-refractivity contribution >= 4 is 12.3 Å². The first-order valence-corrected chi connectivity index (χ1v) is 6.63. The number of hydrogen-bond donors (Lipinski definition) is 1. The number of ether oxygens (including phenoxy) is 1. The van der Waals surface area contributed by atoms with Crippen LogP contribution in [0.4, 0.5) is 0 Å². The summed E-state index contributed by atoms with van der Waals surface area (Å²) in [5, 5.41) is 2.93. The normalized spacial score (nSPS) is 22.1. The lowest BCUT2D eigenvalue weighted by Gasteiger charge is -2.12. The quantitative estimate of drug-likeness (QED) is 0.618. The Kier molecular flexibility index (Phi) is 5.10. The molecular formula is C15H18NO3. The molecule has 0 saturated carbocycles. The van der Waals surface area contributed by atoms with Crippen molar-refractivity contribution in [1.29, 1.82) is 0 Å². The number of esters is 1. The molecule has 4 heteroatoms. The van der Waals surface area contributed by atoms with Gasteiger partial charge in [0, 0.05) is 0 Å². The highest BCUT2D eigenvalue weighted by Gasteiger charge is 2.34. The molecule has 1 aliphatic rings. The molecule has 1 aliphatic heterocycles. The minimum absolute atomic E-state index is 0.286. The molecule has 1 aromatic carbocycles. The Morgan fingerprint density at radius 1 is 1.37 bits per heavy atom. The van der Waals surface area contributed by atoms with Crippen LogP contribution >= 0.6 is 0 Å². The predicted octanol–water partition coefficient (Wildman–Crippen LogP) is 1.25. The highest BCUT2D eigenvalue weighted by atomic mass is 16.5. The van der Waals surface area contributed by atoms with Gasteiger partial charge in [0.1, 0.15) is 0 Å². The van der Waals surface area contributed by atoms with Crippen molar-refractivity contribution < 1.29 is 14.3 Å². The molecule has 1 saturated heterocycles. The topological polar surface area (TPSA) is 55.4 Å². The van der Waals surface area contributed by atoms with Gasteiger partial charge < -0.3 is 10.1 Å². The Morgan fingerprint density at radius 3 is 2.89 bits per heavy atom. The second-order valence-corrected chi connectivity index (χ2v) is 4.70. The number of benzene rings is 1. The number of rotatable bonds is 6. The molecule has 0 amide bonds. The molecule has 1 heterocycles. The van der Waals surface area contributed by atoms with Crippen LogP contribution in [0.15, 0.2) is 30.3 Å². The van der Waals surface area contributed by atoms with Gasteiger partial charge in [-0.25, -0.2) is 0 Å². The van der Waals surface area contributed by atoms with E-state index < -0.39 is 6.04 Å². The Balaban J connectivity index is 1.68. The molecule has 19 heavy (non-hydrogen) atoms. The summed E-state index contributed by atoms with van der Waals surface area (Å²) in [6.45, 7) is 1.07. The van der Waals surface area contributed by atoms with Gasteiger partial charge in [-0.05, 0) is 31.4 Å². The lowest BCUT2D eigenvalue weighted by molar-refractivity contribution is -0.148. The van der Waals surface area contributed by atoms with E-state index in [1.165, 1.54) is 5.56 Å². The zero-order chi connectivity index (χ0) is 13.5. The van der Waals surface area contributed by atoms with Crippen LogP contribution in [0.2, 0.25) is 0 Å². The summed E-state index contributed by atoms with van der Waals surface area (Å²) in [5.74, 6) is -0.652. The van der Waals surface area contributed by atoms with Gasteiger partial charge in [0.15, 0.2) is 0 Å². The van der Waals surface area contributed by atoms with Crippen LogP contribution in [-0.4, -0.2) is 31.4 Å². The monoisotopic (exact) mass is 260 g/mol. The summed E-state index contributed by atoms with van der Waals surface area (Å²) < 4.78 is 5.22. The minimum atomic E-state index is -0.498.